The van der Waals surface area contributed by atoms with E-state index in [9.17, 15) is 24.8 Å². The first-order valence-electron chi connectivity index (χ1n) is 11.7. The van der Waals surface area contributed by atoms with Crippen LogP contribution in [0, 0.1) is 30.9 Å². The minimum Gasteiger partial charge on any atom is -0.507 e. The van der Waals surface area contributed by atoms with E-state index < -0.39 is 22.7 Å². The molecule has 0 saturated carbocycles. The number of hydrogen-bond acceptors (Lipinski definition) is 8. The van der Waals surface area contributed by atoms with Crippen LogP contribution in [0.15, 0.2) is 60.2 Å². The minimum absolute atomic E-state index is 0.124. The normalized spacial score (nSPS) is 16.8. The Kier molecular flexibility index (Phi) is 6.20. The second-order valence-electron chi connectivity index (χ2n) is 9.13. The fraction of sp³-hybridized carbons (Fsp3) is 0.179. The van der Waals surface area contributed by atoms with Crippen molar-refractivity contribution in [2.45, 2.75) is 26.8 Å². The molecule has 5 rings (SSSR count). The lowest BCUT2D eigenvalue weighted by Gasteiger charge is -2.23. The van der Waals surface area contributed by atoms with E-state index in [1.165, 1.54) is 47.6 Å². The molecule has 10 heteroatoms. The van der Waals surface area contributed by atoms with Gasteiger partial charge in [0.15, 0.2) is 5.13 Å². The van der Waals surface area contributed by atoms with Crippen LogP contribution >= 0.6 is 11.3 Å². The smallest absolute Gasteiger partial charge is 0.301 e. The Morgan fingerprint density at radius 3 is 2.39 bits per heavy atom. The molecular formula is C28H23N3O6S. The Hall–Kier alpha value is -4.57. The van der Waals surface area contributed by atoms with Crippen LogP contribution in [0.3, 0.4) is 0 Å². The molecule has 192 valence electrons. The van der Waals surface area contributed by atoms with E-state index in [1.807, 2.05) is 26.0 Å². The van der Waals surface area contributed by atoms with Crippen LogP contribution in [0.2, 0.25) is 0 Å². The molecule has 1 atom stereocenters. The number of Topliss-reactive ketones (excluding diaryl/α,β-unsaturated/α-hetero) is 1. The van der Waals surface area contributed by atoms with E-state index in [0.29, 0.717) is 27.5 Å². The number of aryl methyl sites for hydroxylation is 3. The maximum Gasteiger partial charge on any atom is 0.301 e. The van der Waals surface area contributed by atoms with Crippen LogP contribution in [0.4, 0.5) is 10.8 Å². The van der Waals surface area contributed by atoms with E-state index in [4.69, 9.17) is 4.74 Å². The fourth-order valence-corrected chi connectivity index (χ4v) is 5.94. The number of benzene rings is 3. The fourth-order valence-electron chi connectivity index (χ4n) is 4.77. The number of fused-ring (bicyclic) bond motifs is 1. The summed E-state index contributed by atoms with van der Waals surface area (Å²) in [5.41, 5.74) is 3.91. The first kappa shape index (κ1) is 25.1. The molecule has 9 nitrogen and oxygen atoms in total. The van der Waals surface area contributed by atoms with Crippen molar-refractivity contribution >= 4 is 49.8 Å². The van der Waals surface area contributed by atoms with Crippen molar-refractivity contribution in [3.8, 4) is 5.75 Å². The number of carbonyl (C=O) groups excluding carboxylic acids is 2. The van der Waals surface area contributed by atoms with Gasteiger partial charge in [0.05, 0.1) is 33.9 Å². The van der Waals surface area contributed by atoms with E-state index >= 15 is 0 Å². The van der Waals surface area contributed by atoms with Crippen LogP contribution in [0.1, 0.15) is 33.9 Å². The predicted octanol–water partition coefficient (Wildman–Crippen LogP) is 5.76. The number of hydrogen-bond donors (Lipinski definition) is 1. The molecular weight excluding hydrogens is 506 g/mol. The summed E-state index contributed by atoms with van der Waals surface area (Å²) in [6.45, 7) is 5.69. The highest BCUT2D eigenvalue weighted by Gasteiger charge is 2.48. The first-order chi connectivity index (χ1) is 18.1. The molecule has 1 amide bonds. The number of carbonyl (C=O) groups is 2. The number of ether oxygens (including phenoxy) is 1. The number of nitrogens with zero attached hydrogens (tertiary/aromatic N) is 3. The predicted molar refractivity (Wildman–Crippen MR) is 145 cm³/mol. The second kappa shape index (κ2) is 9.38. The molecule has 1 aliphatic rings. The van der Waals surface area contributed by atoms with Gasteiger partial charge in [-0.1, -0.05) is 17.4 Å². The number of nitro groups is 1. The second-order valence-corrected chi connectivity index (χ2v) is 10.1. The maximum absolute atomic E-state index is 13.5. The number of non-ortho nitro benzene ring substituents is 1. The topological polar surface area (TPSA) is 123 Å². The Labute approximate surface area is 221 Å². The third kappa shape index (κ3) is 4.08. The molecule has 1 N–H and O–H groups in total. The average molecular weight is 530 g/mol. The zero-order valence-corrected chi connectivity index (χ0v) is 21.8. The van der Waals surface area contributed by atoms with Crippen LogP contribution in [-0.2, 0) is 9.59 Å². The number of aliphatic hydroxyl groups is 1. The average Bonchev–Trinajstić information content (AvgIpc) is 3.42. The van der Waals surface area contributed by atoms with Gasteiger partial charge in [0.25, 0.3) is 11.5 Å². The van der Waals surface area contributed by atoms with Gasteiger partial charge in [-0.15, -0.1) is 0 Å². The third-order valence-electron chi connectivity index (χ3n) is 6.56. The number of thiazole rings is 1. The first-order valence-corrected chi connectivity index (χ1v) is 12.5. The molecule has 0 radical (unpaired) electrons. The lowest BCUT2D eigenvalue weighted by atomic mass is 9.94. The highest BCUT2D eigenvalue weighted by molar-refractivity contribution is 7.22. The number of aromatic nitrogens is 1. The van der Waals surface area contributed by atoms with Crippen molar-refractivity contribution in [1.82, 2.24) is 4.98 Å². The van der Waals surface area contributed by atoms with Gasteiger partial charge in [0.2, 0.25) is 0 Å². The molecule has 1 fully saturated rings. The SMILES string of the molecule is COc1ccc(C(O)=C2C(=O)C(=O)N(c3nc4c(C)cc(C)cc4s3)[C@H]2c2ccc([N+](=O)[O-])cc2)cc1C. The van der Waals surface area contributed by atoms with Crippen molar-refractivity contribution in [1.29, 1.82) is 0 Å². The summed E-state index contributed by atoms with van der Waals surface area (Å²) < 4.78 is 6.15. The Balaban J connectivity index is 1.73. The van der Waals surface area contributed by atoms with E-state index in [2.05, 4.69) is 4.98 Å². The van der Waals surface area contributed by atoms with Crippen LogP contribution in [0.25, 0.3) is 16.0 Å². The highest BCUT2D eigenvalue weighted by atomic mass is 32.1. The zero-order chi connectivity index (χ0) is 27.3. The molecule has 0 spiro atoms. The van der Waals surface area contributed by atoms with Gasteiger partial charge in [-0.25, -0.2) is 4.98 Å². The van der Waals surface area contributed by atoms with Crippen molar-refractivity contribution in [2.75, 3.05) is 12.0 Å². The molecule has 1 aliphatic heterocycles. The number of rotatable bonds is 5. The van der Waals surface area contributed by atoms with Crippen LogP contribution in [-0.4, -0.2) is 33.8 Å². The molecule has 1 saturated heterocycles. The summed E-state index contributed by atoms with van der Waals surface area (Å²) in [6.07, 6.45) is 0. The summed E-state index contributed by atoms with van der Waals surface area (Å²) in [5, 5.41) is 22.9. The van der Waals surface area contributed by atoms with Gasteiger partial charge in [-0.2, -0.15) is 0 Å². The van der Waals surface area contributed by atoms with Crippen LogP contribution < -0.4 is 9.64 Å². The summed E-state index contributed by atoms with van der Waals surface area (Å²) in [7, 11) is 1.53. The van der Waals surface area contributed by atoms with Gasteiger partial charge in [-0.05, 0) is 79.4 Å². The van der Waals surface area contributed by atoms with Gasteiger partial charge >= 0.3 is 5.91 Å². The highest BCUT2D eigenvalue weighted by Crippen LogP contribution is 2.45. The number of aliphatic hydroxyl groups excluding tert-OH is 1. The number of methoxy groups -OCH3 is 1. The standard InChI is InChI=1S/C28H23N3O6S/c1-14-11-16(3)23-21(12-14)38-28(29-23)30-24(17-5-8-19(9-6-17)31(35)36)22(26(33)27(30)34)25(32)18-7-10-20(37-4)15(2)13-18/h5-13,24,32H,1-4H3/t24-/m0/s1. The van der Waals surface area contributed by atoms with E-state index in [1.54, 1.807) is 25.1 Å². The van der Waals surface area contributed by atoms with Gasteiger partial charge < -0.3 is 9.84 Å². The molecule has 0 unspecified atom stereocenters. The van der Waals surface area contributed by atoms with Crippen molar-refractivity contribution < 1.29 is 24.4 Å². The quantitative estimate of drug-likeness (QED) is 0.115. The number of amides is 1. The summed E-state index contributed by atoms with van der Waals surface area (Å²) in [5.74, 6) is -1.46. The molecule has 3 aromatic carbocycles. The number of nitro benzene ring substituents is 1. The summed E-state index contributed by atoms with van der Waals surface area (Å²) in [4.78, 5) is 43.6. The third-order valence-corrected chi connectivity index (χ3v) is 7.56. The Morgan fingerprint density at radius 1 is 1.05 bits per heavy atom. The Bertz CT molecular complexity index is 1670. The molecule has 2 heterocycles. The largest absolute Gasteiger partial charge is 0.507 e. The van der Waals surface area contributed by atoms with Crippen molar-refractivity contribution in [2.24, 2.45) is 0 Å². The van der Waals surface area contributed by atoms with E-state index in [-0.39, 0.29) is 17.0 Å². The minimum atomic E-state index is -1.04. The Morgan fingerprint density at radius 2 is 1.76 bits per heavy atom. The molecule has 38 heavy (non-hydrogen) atoms. The van der Waals surface area contributed by atoms with E-state index in [0.717, 1.165) is 21.4 Å². The zero-order valence-electron chi connectivity index (χ0n) is 21.0. The van der Waals surface area contributed by atoms with Gasteiger partial charge in [0, 0.05) is 17.7 Å². The molecule has 1 aromatic heterocycles. The van der Waals surface area contributed by atoms with Gasteiger partial charge in [0.1, 0.15) is 11.5 Å². The molecule has 0 aliphatic carbocycles. The molecule has 4 aromatic rings. The lowest BCUT2D eigenvalue weighted by Crippen LogP contribution is -2.29. The molecule has 0 bridgehead atoms. The van der Waals surface area contributed by atoms with Gasteiger partial charge in [-0.3, -0.25) is 24.6 Å². The summed E-state index contributed by atoms with van der Waals surface area (Å²) in [6, 6.07) is 13.4. The maximum atomic E-state index is 13.5. The van der Waals surface area contributed by atoms with Crippen LogP contribution in [0.5, 0.6) is 5.75 Å². The van der Waals surface area contributed by atoms with Crippen molar-refractivity contribution in [3.05, 3.63) is 98.1 Å². The lowest BCUT2D eigenvalue weighted by molar-refractivity contribution is -0.384. The number of ketones is 1. The monoisotopic (exact) mass is 529 g/mol. The van der Waals surface area contributed by atoms with Crippen molar-refractivity contribution in [3.63, 3.8) is 0 Å². The summed E-state index contributed by atoms with van der Waals surface area (Å²) >= 11 is 1.26. The number of anilines is 1.